The molecule has 2 rings (SSSR count). The van der Waals surface area contributed by atoms with E-state index in [0.29, 0.717) is 5.92 Å². The summed E-state index contributed by atoms with van der Waals surface area (Å²) in [6, 6.07) is 9.63. The summed E-state index contributed by atoms with van der Waals surface area (Å²) in [6.07, 6.45) is 9.93. The summed E-state index contributed by atoms with van der Waals surface area (Å²) in [6.45, 7) is 4.05. The van der Waals surface area contributed by atoms with Crippen molar-refractivity contribution >= 4 is 5.91 Å². The second-order valence-electron chi connectivity index (χ2n) is 5.73. The predicted octanol–water partition coefficient (Wildman–Crippen LogP) is 4.32. The molecule has 1 radical (unpaired) electrons. The van der Waals surface area contributed by atoms with Gasteiger partial charge < -0.3 is 4.90 Å². The molecule has 0 bridgehead atoms. The van der Waals surface area contributed by atoms with Crippen LogP contribution in [0.1, 0.15) is 55.8 Å². The van der Waals surface area contributed by atoms with E-state index in [0.717, 1.165) is 31.5 Å². The third-order valence-corrected chi connectivity index (χ3v) is 4.16. The van der Waals surface area contributed by atoms with Crippen molar-refractivity contribution in [2.24, 2.45) is 5.92 Å². The van der Waals surface area contributed by atoms with E-state index in [-0.39, 0.29) is 5.91 Å². The largest absolute Gasteiger partial charge is 0.339 e. The highest BCUT2D eigenvalue weighted by Gasteiger charge is 2.23. The first-order valence-corrected chi connectivity index (χ1v) is 7.99. The van der Waals surface area contributed by atoms with Gasteiger partial charge in [0.05, 0.1) is 0 Å². The smallest absolute Gasteiger partial charge is 0.253 e. The van der Waals surface area contributed by atoms with Crippen molar-refractivity contribution in [3.63, 3.8) is 0 Å². The molecule has 0 spiro atoms. The molecule has 0 unspecified atom stereocenters. The Morgan fingerprint density at radius 2 is 1.90 bits per heavy atom. The number of hydrogen-bond acceptors (Lipinski definition) is 1. The van der Waals surface area contributed by atoms with Crippen LogP contribution in [0.15, 0.2) is 30.3 Å². The maximum Gasteiger partial charge on any atom is 0.253 e. The second-order valence-corrected chi connectivity index (χ2v) is 5.73. The lowest BCUT2D eigenvalue weighted by atomic mass is 9.91. The van der Waals surface area contributed by atoms with Gasteiger partial charge >= 0.3 is 0 Å². The van der Waals surface area contributed by atoms with Gasteiger partial charge in [-0.25, -0.2) is 0 Å². The van der Waals surface area contributed by atoms with Crippen molar-refractivity contribution in [1.82, 2.24) is 4.90 Å². The van der Waals surface area contributed by atoms with Crippen molar-refractivity contribution in [2.45, 2.75) is 45.4 Å². The number of piperidine rings is 1. The summed E-state index contributed by atoms with van der Waals surface area (Å²) in [5.74, 6) is 0.904. The highest BCUT2D eigenvalue weighted by atomic mass is 16.2. The molecule has 109 valence electrons. The average molecular weight is 272 g/mol. The fourth-order valence-corrected chi connectivity index (χ4v) is 2.85. The van der Waals surface area contributed by atoms with Gasteiger partial charge in [0.25, 0.3) is 5.91 Å². The molecule has 1 aromatic rings. The summed E-state index contributed by atoms with van der Waals surface area (Å²) in [4.78, 5) is 14.3. The molecule has 1 amide bonds. The van der Waals surface area contributed by atoms with Crippen molar-refractivity contribution in [2.75, 3.05) is 13.1 Å². The minimum absolute atomic E-state index is 0.190. The van der Waals surface area contributed by atoms with Gasteiger partial charge in [0.1, 0.15) is 0 Å². The highest BCUT2D eigenvalue weighted by Crippen LogP contribution is 2.23. The third kappa shape index (κ3) is 4.36. The monoisotopic (exact) mass is 272 g/mol. The number of amides is 1. The molecule has 2 nitrogen and oxygen atoms in total. The summed E-state index contributed by atoms with van der Waals surface area (Å²) in [7, 11) is 0. The van der Waals surface area contributed by atoms with Gasteiger partial charge in [-0.2, -0.15) is 0 Å². The van der Waals surface area contributed by atoms with E-state index in [9.17, 15) is 4.79 Å². The minimum atomic E-state index is 0.190. The van der Waals surface area contributed by atoms with Gasteiger partial charge in [-0.15, -0.1) is 0 Å². The molecular formula is C18H26NO. The van der Waals surface area contributed by atoms with Crippen LogP contribution in [-0.4, -0.2) is 23.9 Å². The van der Waals surface area contributed by atoms with Crippen LogP contribution in [0.25, 0.3) is 0 Å². The Morgan fingerprint density at radius 1 is 1.20 bits per heavy atom. The third-order valence-electron chi connectivity index (χ3n) is 4.16. The summed E-state index contributed by atoms with van der Waals surface area (Å²) in [5.41, 5.74) is 0.817. The molecule has 20 heavy (non-hydrogen) atoms. The Hall–Kier alpha value is -1.31. The van der Waals surface area contributed by atoms with Crippen LogP contribution in [-0.2, 0) is 0 Å². The van der Waals surface area contributed by atoms with E-state index >= 15 is 0 Å². The van der Waals surface area contributed by atoms with Crippen LogP contribution in [0, 0.1) is 12.3 Å². The fraction of sp³-hybridized carbons (Fsp3) is 0.556. The molecule has 0 saturated carbocycles. The van der Waals surface area contributed by atoms with Crippen LogP contribution >= 0.6 is 0 Å². The Bertz CT molecular complexity index is 393. The van der Waals surface area contributed by atoms with E-state index < -0.39 is 0 Å². The second kappa shape index (κ2) is 8.08. The quantitative estimate of drug-likeness (QED) is 0.706. The molecule has 0 N–H and O–H groups in total. The van der Waals surface area contributed by atoms with E-state index in [4.69, 9.17) is 0 Å². The summed E-state index contributed by atoms with van der Waals surface area (Å²) in [5, 5.41) is 0. The molecule has 1 aliphatic heterocycles. The lowest BCUT2D eigenvalue weighted by Crippen LogP contribution is -2.38. The average Bonchev–Trinajstić information content (AvgIpc) is 2.52. The van der Waals surface area contributed by atoms with Gasteiger partial charge in [-0.1, -0.05) is 44.4 Å². The normalized spacial score (nSPS) is 16.4. The van der Waals surface area contributed by atoms with Crippen LogP contribution < -0.4 is 0 Å². The van der Waals surface area contributed by atoms with Crippen molar-refractivity contribution in [1.29, 1.82) is 0 Å². The first-order valence-electron chi connectivity index (χ1n) is 7.99. The highest BCUT2D eigenvalue weighted by molar-refractivity contribution is 5.94. The van der Waals surface area contributed by atoms with Gasteiger partial charge in [0.2, 0.25) is 0 Å². The number of likely N-dealkylation sites (tertiary alicyclic amines) is 1. The van der Waals surface area contributed by atoms with Crippen molar-refractivity contribution in [3.8, 4) is 0 Å². The summed E-state index contributed by atoms with van der Waals surface area (Å²) < 4.78 is 0. The van der Waals surface area contributed by atoms with Crippen LogP contribution in [0.4, 0.5) is 0 Å². The first-order chi connectivity index (χ1) is 9.81. The van der Waals surface area contributed by atoms with Gasteiger partial charge in [0, 0.05) is 18.7 Å². The van der Waals surface area contributed by atoms with E-state index in [1.54, 1.807) is 0 Å². The lowest BCUT2D eigenvalue weighted by Gasteiger charge is -2.32. The topological polar surface area (TPSA) is 20.3 Å². The number of carbonyl (C=O) groups is 1. The summed E-state index contributed by atoms with van der Waals surface area (Å²) >= 11 is 0. The van der Waals surface area contributed by atoms with E-state index in [1.807, 2.05) is 35.2 Å². The van der Waals surface area contributed by atoms with Gasteiger partial charge in [0.15, 0.2) is 0 Å². The number of rotatable bonds is 6. The molecule has 1 aliphatic rings. The standard InChI is InChI=1S/C18H26NO/c1-2-3-4-6-9-16-12-14-19(15-13-16)18(20)17-10-7-5-8-11-17/h5,7-11,16H,2-4,6,12-15H2,1H3. The number of hydrogen-bond donors (Lipinski definition) is 0. The molecule has 0 aliphatic carbocycles. The van der Waals surface area contributed by atoms with Gasteiger partial charge in [-0.05, 0) is 43.7 Å². The molecule has 0 aromatic heterocycles. The zero-order valence-electron chi connectivity index (χ0n) is 12.6. The molecule has 0 atom stereocenters. The van der Waals surface area contributed by atoms with Crippen molar-refractivity contribution < 1.29 is 4.79 Å². The van der Waals surface area contributed by atoms with Crippen LogP contribution in [0.3, 0.4) is 0 Å². The number of carbonyl (C=O) groups excluding carboxylic acids is 1. The van der Waals surface area contributed by atoms with E-state index in [1.165, 1.54) is 25.7 Å². The fourth-order valence-electron chi connectivity index (χ4n) is 2.85. The lowest BCUT2D eigenvalue weighted by molar-refractivity contribution is 0.0700. The number of nitrogens with zero attached hydrogens (tertiary/aromatic N) is 1. The first kappa shape index (κ1) is 15.1. The Balaban J connectivity index is 1.73. The predicted molar refractivity (Wildman–Crippen MR) is 83.5 cm³/mol. The van der Waals surface area contributed by atoms with Crippen LogP contribution in [0.5, 0.6) is 0 Å². The molecule has 1 saturated heterocycles. The molecular weight excluding hydrogens is 246 g/mol. The Labute approximate surface area is 123 Å². The minimum Gasteiger partial charge on any atom is -0.339 e. The Kier molecular flexibility index (Phi) is 6.10. The van der Waals surface area contributed by atoms with Gasteiger partial charge in [-0.3, -0.25) is 4.79 Å². The molecule has 1 aromatic carbocycles. The number of benzene rings is 1. The van der Waals surface area contributed by atoms with Crippen molar-refractivity contribution in [3.05, 3.63) is 42.3 Å². The zero-order valence-corrected chi connectivity index (χ0v) is 12.6. The SMILES string of the molecule is CCCCC[CH]C1CCN(C(=O)c2ccccc2)CC1. The maximum absolute atomic E-state index is 12.3. The zero-order chi connectivity index (χ0) is 14.2. The maximum atomic E-state index is 12.3. The van der Waals surface area contributed by atoms with E-state index in [2.05, 4.69) is 13.3 Å². The Morgan fingerprint density at radius 3 is 2.55 bits per heavy atom. The number of unbranched alkanes of at least 4 members (excludes halogenated alkanes) is 3. The van der Waals surface area contributed by atoms with Crippen LogP contribution in [0.2, 0.25) is 0 Å². The molecule has 1 heterocycles. The molecule has 1 fully saturated rings. The molecule has 2 heteroatoms.